The van der Waals surface area contributed by atoms with Gasteiger partial charge in [-0.25, -0.2) is 27.0 Å². The Morgan fingerprint density at radius 1 is 0.678 bits per heavy atom. The fourth-order valence-electron chi connectivity index (χ4n) is 8.24. The second-order valence-corrected chi connectivity index (χ2v) is 22.3. The van der Waals surface area contributed by atoms with Crippen LogP contribution in [0.25, 0.3) is 6.08 Å². The number of esters is 1. The zero-order chi connectivity index (χ0) is 65.1. The first kappa shape index (κ1) is 77.0. The number of aryl methyl sites for hydroxylation is 1. The Labute approximate surface area is 527 Å². The molecule has 0 saturated heterocycles. The van der Waals surface area contributed by atoms with Crippen molar-refractivity contribution in [1.82, 2.24) is 20.9 Å². The minimum absolute atomic E-state index is 0.00457. The van der Waals surface area contributed by atoms with Gasteiger partial charge in [-0.2, -0.15) is 8.78 Å². The van der Waals surface area contributed by atoms with Gasteiger partial charge in [0.05, 0.1) is 156 Å². The van der Waals surface area contributed by atoms with Crippen molar-refractivity contribution in [2.24, 2.45) is 10.7 Å². The Kier molecular flexibility index (Phi) is 39.8. The molecule has 2 aromatic rings. The minimum Gasteiger partial charge on any atom is -0.446 e. The lowest BCUT2D eigenvalue weighted by Gasteiger charge is -2.25. The molecule has 0 radical (unpaired) electrons. The summed E-state index contributed by atoms with van der Waals surface area (Å²) in [5.74, 6) is -12.3. The molecule has 2 aliphatic rings. The number of hydrogen-bond donors (Lipinski definition) is 6. The highest BCUT2D eigenvalue weighted by atomic mass is 32.2. The van der Waals surface area contributed by atoms with E-state index in [0.717, 1.165) is 60.4 Å². The van der Waals surface area contributed by atoms with Crippen LogP contribution in [0.1, 0.15) is 87.3 Å². The predicted molar refractivity (Wildman–Crippen MR) is 319 cm³/mol. The number of hydrogen-bond acceptors (Lipinski definition) is 23. The number of amides is 4. The van der Waals surface area contributed by atoms with Crippen molar-refractivity contribution < 1.29 is 112 Å². The molecule has 0 bridgehead atoms. The number of halogens is 4. The Morgan fingerprint density at radius 3 is 1.66 bits per heavy atom. The molecule has 1 fully saturated rings. The average Bonchev–Trinajstić information content (AvgIpc) is 0.911. The second-order valence-electron chi connectivity index (χ2n) is 20.1. The number of benzene rings is 1. The van der Waals surface area contributed by atoms with E-state index in [0.29, 0.717) is 136 Å². The largest absolute Gasteiger partial charge is 0.446 e. The summed E-state index contributed by atoms with van der Waals surface area (Å²) >= 11 is 1.58. The van der Waals surface area contributed by atoms with Gasteiger partial charge in [-0.15, -0.1) is 11.3 Å². The molecule has 1 aliphatic heterocycles. The number of thiophene rings is 1. The molecule has 2 heterocycles. The van der Waals surface area contributed by atoms with Crippen molar-refractivity contribution in [2.75, 3.05) is 165 Å². The van der Waals surface area contributed by atoms with Crippen LogP contribution in [0.2, 0.25) is 0 Å². The maximum atomic E-state index is 13.9. The van der Waals surface area contributed by atoms with Crippen molar-refractivity contribution in [3.63, 3.8) is 0 Å². The monoisotopic (exact) mass is 1330 g/mol. The van der Waals surface area contributed by atoms with E-state index in [4.69, 9.17) is 57.8 Å². The molecular formula is C58H88F4N6O20S2. The number of thiol groups is 1. The van der Waals surface area contributed by atoms with Gasteiger partial charge in [-0.1, -0.05) is 13.3 Å². The molecule has 510 valence electrons. The number of carbonyl (C=O) groups is 5. The van der Waals surface area contributed by atoms with Crippen LogP contribution in [0, 0.1) is 23.3 Å². The summed E-state index contributed by atoms with van der Waals surface area (Å²) in [5.41, 5.74) is 7.60. The van der Waals surface area contributed by atoms with Gasteiger partial charge in [0, 0.05) is 49.5 Å². The van der Waals surface area contributed by atoms with Crippen LogP contribution in [-0.2, 0) is 88.4 Å². The van der Waals surface area contributed by atoms with E-state index in [9.17, 15) is 55.1 Å². The van der Waals surface area contributed by atoms with Crippen molar-refractivity contribution in [3.8, 4) is 5.75 Å². The maximum absolute atomic E-state index is 13.9. The van der Waals surface area contributed by atoms with E-state index in [1.807, 2.05) is 19.1 Å². The van der Waals surface area contributed by atoms with Crippen LogP contribution in [0.5, 0.6) is 5.75 Å². The standard InChI is InChI=1S/C58H88F4N6O20S2/c1-2-15-68(16-7-14-65-58(74)87-42-8-6-9-42)57(73)41-37-46-44(66-47(63)38-41)39-43(89-46)10-4-3-5-13-64-56(72)45(40-69)67-48(70)11-17-77-19-21-79-23-25-81-27-29-83-31-33-85-35-36-86-34-32-84-30-28-82-26-24-80-22-20-78-18-12-49(71)88-54-50(59)52(61)55(90(75)76)53(62)51(54)60/h37,39,42,45,69,90H,2-36,38,40H2,1H3,(H2,63,66)(H,64,72)(H,65,74)(H,67,70)/t45-/m0/s1. The number of fused-ring (bicyclic) bond motifs is 1. The third-order valence-corrected chi connectivity index (χ3v) is 15.0. The minimum atomic E-state index is -3.99. The van der Waals surface area contributed by atoms with Crippen LogP contribution in [0.4, 0.5) is 28.0 Å². The third kappa shape index (κ3) is 31.2. The van der Waals surface area contributed by atoms with Crippen LogP contribution in [0.3, 0.4) is 0 Å². The highest BCUT2D eigenvalue weighted by molar-refractivity contribution is 7.72. The maximum Gasteiger partial charge on any atom is 0.407 e. The van der Waals surface area contributed by atoms with Gasteiger partial charge in [-0.05, 0) is 63.5 Å². The first-order chi connectivity index (χ1) is 43.6. The predicted octanol–water partition coefficient (Wildman–Crippen LogP) is 3.82. The normalized spacial score (nSPS) is 13.5. The summed E-state index contributed by atoms with van der Waals surface area (Å²) in [4.78, 5) is 69.3. The Morgan fingerprint density at radius 2 is 1.18 bits per heavy atom. The molecule has 4 rings (SSSR count). The SMILES string of the molecule is CCCN(CCCNC(=O)OC1CCC1)C(=O)C1=Cc2sc(CCCCCNC(=O)[C@H](CO)NC(=O)CCOCCOCCOCCOCCOCCOCCOCCOCCOCCOCCC(=O)Oc3c(F)c(F)c([SH](=O)=O)c(F)c3F)cc2N=C(N)C1. The molecule has 1 saturated carbocycles. The number of aliphatic hydroxyl groups excluding tert-OH is 1. The smallest absolute Gasteiger partial charge is 0.407 e. The number of nitrogens with two attached hydrogens (primary N) is 1. The van der Waals surface area contributed by atoms with Crippen LogP contribution >= 0.6 is 11.3 Å². The van der Waals surface area contributed by atoms with Crippen molar-refractivity contribution >= 4 is 69.4 Å². The summed E-state index contributed by atoms with van der Waals surface area (Å²) in [5, 5.41) is 17.9. The molecule has 1 aromatic heterocycles. The van der Waals surface area contributed by atoms with Gasteiger partial charge in [0.25, 0.3) is 0 Å². The molecule has 1 atom stereocenters. The summed E-state index contributed by atoms with van der Waals surface area (Å²) < 4.78 is 141. The Hall–Kier alpha value is -5.49. The molecule has 26 nitrogen and oxygen atoms in total. The zero-order valence-corrected chi connectivity index (χ0v) is 52.7. The number of ether oxygens (including phenoxy) is 12. The summed E-state index contributed by atoms with van der Waals surface area (Å²) in [6.07, 6.45) is 8.59. The van der Waals surface area contributed by atoms with Gasteiger partial charge >= 0.3 is 12.1 Å². The van der Waals surface area contributed by atoms with E-state index >= 15 is 0 Å². The average molecular weight is 1330 g/mol. The topological polar surface area (TPSA) is 328 Å². The van der Waals surface area contributed by atoms with E-state index in [-0.39, 0.29) is 71.1 Å². The first-order valence-electron chi connectivity index (χ1n) is 30.2. The molecule has 4 amide bonds. The molecule has 0 spiro atoms. The van der Waals surface area contributed by atoms with E-state index < -0.39 is 87.6 Å². The molecule has 6 N–H and O–H groups in total. The molecule has 1 aromatic carbocycles. The number of carbonyl (C=O) groups excluding carboxylic acids is 5. The number of rotatable bonds is 52. The lowest BCUT2D eigenvalue weighted by atomic mass is 9.96. The second kappa shape index (κ2) is 46.6. The van der Waals surface area contributed by atoms with Crippen molar-refractivity contribution in [1.29, 1.82) is 0 Å². The lowest BCUT2D eigenvalue weighted by Crippen LogP contribution is -2.49. The first-order valence-corrected chi connectivity index (χ1v) is 32.2. The van der Waals surface area contributed by atoms with Gasteiger partial charge in [-0.3, -0.25) is 19.2 Å². The zero-order valence-electron chi connectivity index (χ0n) is 51.0. The highest BCUT2D eigenvalue weighted by Crippen LogP contribution is 2.36. The summed E-state index contributed by atoms with van der Waals surface area (Å²) in [6.45, 7) is 8.69. The number of nitrogens with zero attached hydrogens (tertiary/aromatic N) is 2. The number of amidine groups is 1. The number of aliphatic imine (C=N–C) groups is 1. The van der Waals surface area contributed by atoms with E-state index in [1.54, 1.807) is 16.2 Å². The summed E-state index contributed by atoms with van der Waals surface area (Å²) in [7, 11) is -3.99. The Bertz CT molecular complexity index is 2580. The third-order valence-electron chi connectivity index (χ3n) is 13.1. The fourth-order valence-corrected chi connectivity index (χ4v) is 9.87. The van der Waals surface area contributed by atoms with Gasteiger partial charge in [0.15, 0.2) is 22.3 Å². The van der Waals surface area contributed by atoms with Gasteiger partial charge in [0.1, 0.15) is 22.9 Å². The summed E-state index contributed by atoms with van der Waals surface area (Å²) in [6, 6.07) is 0.914. The Balaban J connectivity index is 0.859. The fraction of sp³-hybridized carbons (Fsp3) is 0.690. The molecule has 0 unspecified atom stereocenters. The van der Waals surface area contributed by atoms with Crippen LogP contribution in [-0.4, -0.2) is 231 Å². The van der Waals surface area contributed by atoms with E-state index in [1.165, 1.54) is 0 Å². The van der Waals surface area contributed by atoms with Crippen molar-refractivity contribution in [3.05, 3.63) is 44.7 Å². The van der Waals surface area contributed by atoms with Gasteiger partial charge < -0.3 is 88.5 Å². The molecule has 1 aliphatic carbocycles. The molecule has 90 heavy (non-hydrogen) atoms. The number of alkyl carbamates (subject to hydrolysis) is 1. The van der Waals surface area contributed by atoms with Crippen LogP contribution < -0.4 is 26.4 Å². The number of nitrogens with one attached hydrogen (secondary N) is 3. The highest BCUT2D eigenvalue weighted by Gasteiger charge is 2.30. The number of unbranched alkanes of at least 4 members (excludes halogenated alkanes) is 2. The molecule has 32 heteroatoms. The van der Waals surface area contributed by atoms with E-state index in [2.05, 4.69) is 25.7 Å². The number of aliphatic hydroxyl groups is 1. The van der Waals surface area contributed by atoms with Crippen molar-refractivity contribution in [2.45, 2.75) is 101 Å². The van der Waals surface area contributed by atoms with Gasteiger partial charge in [0.2, 0.25) is 35.1 Å². The lowest BCUT2D eigenvalue weighted by molar-refractivity contribution is -0.136. The molecular weight excluding hydrogens is 1240 g/mol. The van der Waals surface area contributed by atoms with Crippen LogP contribution in [0.15, 0.2) is 21.5 Å². The quantitative estimate of drug-likeness (QED) is 0.0137.